The molecule has 3 aromatic carbocycles. The van der Waals surface area contributed by atoms with E-state index < -0.39 is 6.29 Å². The van der Waals surface area contributed by atoms with E-state index in [2.05, 4.69) is 41.5 Å². The number of ether oxygens (including phenoxy) is 2. The zero-order valence-corrected chi connectivity index (χ0v) is 30.1. The summed E-state index contributed by atoms with van der Waals surface area (Å²) in [6.45, 7) is 8.13. The molecule has 2 amide bonds. The molecule has 1 heterocycles. The monoisotopic (exact) mass is 671 g/mol. The normalized spacial score (nSPS) is 17.7. The van der Waals surface area contributed by atoms with Crippen LogP contribution in [0.15, 0.2) is 78.9 Å². The van der Waals surface area contributed by atoms with Crippen molar-refractivity contribution in [1.82, 2.24) is 10.2 Å². The molecule has 0 radical (unpaired) electrons. The number of carbonyl (C=O) groups is 1. The van der Waals surface area contributed by atoms with E-state index >= 15 is 0 Å². The first-order valence-electron chi connectivity index (χ1n) is 19.0. The third-order valence-electron chi connectivity index (χ3n) is 9.47. The van der Waals surface area contributed by atoms with E-state index in [9.17, 15) is 9.90 Å². The van der Waals surface area contributed by atoms with Crippen molar-refractivity contribution in [2.75, 3.05) is 25.0 Å². The van der Waals surface area contributed by atoms with Crippen LogP contribution in [0.25, 0.3) is 0 Å². The second-order valence-electron chi connectivity index (χ2n) is 13.6. The Morgan fingerprint density at radius 3 is 1.92 bits per heavy atom. The van der Waals surface area contributed by atoms with Crippen LogP contribution in [0, 0.1) is 0 Å². The number of hydrogen-bond acceptors (Lipinski definition) is 5. The Morgan fingerprint density at radius 2 is 1.31 bits per heavy atom. The number of hydrogen-bond donors (Lipinski definition) is 3. The van der Waals surface area contributed by atoms with Gasteiger partial charge in [0.25, 0.3) is 0 Å². The number of carbonyl (C=O) groups excluding carboxylic acids is 1. The van der Waals surface area contributed by atoms with Crippen LogP contribution in [0.1, 0.15) is 132 Å². The number of nitrogens with zero attached hydrogens (tertiary/aromatic N) is 1. The molecular weight excluding hydrogens is 610 g/mol. The van der Waals surface area contributed by atoms with Gasteiger partial charge in [-0.25, -0.2) is 4.79 Å². The van der Waals surface area contributed by atoms with Crippen LogP contribution in [0.5, 0.6) is 0 Å². The van der Waals surface area contributed by atoms with Crippen molar-refractivity contribution >= 4 is 11.7 Å². The lowest BCUT2D eigenvalue weighted by atomic mass is 9.99. The number of rotatable bonds is 22. The standard InChI is InChI=1S/C42H61N3O4/c1-3-5-7-9-11-16-28-45(29-17-12-10-8-6-4-2)32-39-30-40(36-22-20-35(33-46)21-23-36)49-41(48-39)37-24-26-38(27-25-37)44-42(47)43-31-34-18-14-13-15-19-34/h13-15,18-27,39-41,46H,3-12,16-17,28-33H2,1-2H3,(H2,43,44,47)/t39-,40+,41+/m0/s1. The zero-order valence-electron chi connectivity index (χ0n) is 30.1. The minimum Gasteiger partial charge on any atom is -0.392 e. The fourth-order valence-electron chi connectivity index (χ4n) is 6.52. The molecule has 7 heteroatoms. The summed E-state index contributed by atoms with van der Waals surface area (Å²) < 4.78 is 13.3. The Labute approximate surface area is 295 Å². The second kappa shape index (κ2) is 22.5. The van der Waals surface area contributed by atoms with Gasteiger partial charge < -0.3 is 30.1 Å². The molecule has 0 aromatic heterocycles. The lowest BCUT2D eigenvalue weighted by molar-refractivity contribution is -0.253. The summed E-state index contributed by atoms with van der Waals surface area (Å²) in [6, 6.07) is 25.5. The molecule has 7 nitrogen and oxygen atoms in total. The molecule has 0 spiro atoms. The summed E-state index contributed by atoms with van der Waals surface area (Å²) in [5.74, 6) is 0. The number of benzene rings is 3. The van der Waals surface area contributed by atoms with Crippen molar-refractivity contribution < 1.29 is 19.4 Å². The van der Waals surface area contributed by atoms with E-state index in [4.69, 9.17) is 9.47 Å². The van der Waals surface area contributed by atoms with E-state index in [1.165, 1.54) is 77.0 Å². The molecule has 4 rings (SSSR count). The van der Waals surface area contributed by atoms with Gasteiger partial charge in [-0.2, -0.15) is 0 Å². The number of aliphatic hydroxyl groups is 1. The molecule has 3 N–H and O–H groups in total. The van der Waals surface area contributed by atoms with Crippen LogP contribution >= 0.6 is 0 Å². The number of amides is 2. The minimum atomic E-state index is -0.521. The first-order chi connectivity index (χ1) is 24.1. The first kappa shape index (κ1) is 38.6. The molecule has 0 aliphatic carbocycles. The summed E-state index contributed by atoms with van der Waals surface area (Å²) in [7, 11) is 0. The largest absolute Gasteiger partial charge is 0.392 e. The summed E-state index contributed by atoms with van der Waals surface area (Å²) in [5.41, 5.74) is 4.68. The lowest BCUT2D eigenvalue weighted by Gasteiger charge is -2.38. The highest BCUT2D eigenvalue weighted by molar-refractivity contribution is 5.89. The Balaban J connectivity index is 1.41. The van der Waals surface area contributed by atoms with E-state index in [1.807, 2.05) is 66.7 Å². The molecule has 1 saturated heterocycles. The van der Waals surface area contributed by atoms with Gasteiger partial charge in [0.2, 0.25) is 0 Å². The molecule has 1 aliphatic heterocycles. The smallest absolute Gasteiger partial charge is 0.319 e. The number of urea groups is 1. The minimum absolute atomic E-state index is 0.0167. The molecule has 0 saturated carbocycles. The zero-order chi connectivity index (χ0) is 34.5. The van der Waals surface area contributed by atoms with Crippen LogP contribution in [0.2, 0.25) is 0 Å². The van der Waals surface area contributed by atoms with Crippen molar-refractivity contribution in [3.63, 3.8) is 0 Å². The van der Waals surface area contributed by atoms with Gasteiger partial charge in [0.15, 0.2) is 6.29 Å². The third kappa shape index (κ3) is 14.3. The summed E-state index contributed by atoms with van der Waals surface area (Å²) in [5, 5.41) is 15.5. The average molecular weight is 672 g/mol. The van der Waals surface area contributed by atoms with Gasteiger partial charge in [-0.15, -0.1) is 0 Å². The molecule has 268 valence electrons. The van der Waals surface area contributed by atoms with Crippen molar-refractivity contribution in [1.29, 1.82) is 0 Å². The van der Waals surface area contributed by atoms with Crippen LogP contribution in [-0.4, -0.2) is 41.8 Å². The molecule has 0 unspecified atom stereocenters. The number of unbranched alkanes of at least 4 members (excludes halogenated alkanes) is 10. The van der Waals surface area contributed by atoms with Crippen molar-refractivity contribution in [2.45, 2.75) is 129 Å². The van der Waals surface area contributed by atoms with Crippen molar-refractivity contribution in [3.8, 4) is 0 Å². The van der Waals surface area contributed by atoms with E-state index in [1.54, 1.807) is 0 Å². The van der Waals surface area contributed by atoms with Gasteiger partial charge in [0, 0.05) is 30.8 Å². The summed E-state index contributed by atoms with van der Waals surface area (Å²) in [4.78, 5) is 15.2. The predicted octanol–water partition coefficient (Wildman–Crippen LogP) is 10.1. The topological polar surface area (TPSA) is 83.1 Å². The van der Waals surface area contributed by atoms with Crippen LogP contribution in [0.3, 0.4) is 0 Å². The highest BCUT2D eigenvalue weighted by Gasteiger charge is 2.33. The van der Waals surface area contributed by atoms with E-state index in [0.717, 1.165) is 48.3 Å². The Hall–Kier alpha value is -3.23. The molecule has 1 fully saturated rings. The molecule has 3 aromatic rings. The Bertz CT molecular complexity index is 1290. The van der Waals surface area contributed by atoms with Crippen molar-refractivity contribution in [3.05, 3.63) is 101 Å². The SMILES string of the molecule is CCCCCCCCN(CCCCCCCC)C[C@@H]1C[C@H](c2ccc(CO)cc2)O[C@H](c2ccc(NC(=O)NCc3ccccc3)cc2)O1. The quantitative estimate of drug-likeness (QED) is 0.0927. The van der Waals surface area contributed by atoms with Crippen LogP contribution in [-0.2, 0) is 22.6 Å². The van der Waals surface area contributed by atoms with E-state index in [-0.39, 0.29) is 24.8 Å². The van der Waals surface area contributed by atoms with Gasteiger partial charge in [-0.1, -0.05) is 145 Å². The maximum absolute atomic E-state index is 12.6. The molecular formula is C42H61N3O4. The summed E-state index contributed by atoms with van der Waals surface area (Å²) >= 11 is 0. The van der Waals surface area contributed by atoms with Crippen LogP contribution < -0.4 is 10.6 Å². The maximum Gasteiger partial charge on any atom is 0.319 e. The van der Waals surface area contributed by atoms with Crippen molar-refractivity contribution in [2.24, 2.45) is 0 Å². The number of nitrogens with one attached hydrogen (secondary N) is 2. The fraction of sp³-hybridized carbons (Fsp3) is 0.548. The fourth-order valence-corrected chi connectivity index (χ4v) is 6.52. The Morgan fingerprint density at radius 1 is 0.714 bits per heavy atom. The predicted molar refractivity (Wildman–Crippen MR) is 200 cm³/mol. The summed E-state index contributed by atoms with van der Waals surface area (Å²) in [6.07, 6.45) is 15.7. The highest BCUT2D eigenvalue weighted by atomic mass is 16.7. The van der Waals surface area contributed by atoms with Gasteiger partial charge in [0.05, 0.1) is 18.8 Å². The Kier molecular flexibility index (Phi) is 17.7. The molecule has 0 bridgehead atoms. The highest BCUT2D eigenvalue weighted by Crippen LogP contribution is 2.38. The molecule has 3 atom stereocenters. The lowest BCUT2D eigenvalue weighted by Crippen LogP contribution is -2.40. The second-order valence-corrected chi connectivity index (χ2v) is 13.6. The average Bonchev–Trinajstić information content (AvgIpc) is 3.14. The van der Waals surface area contributed by atoms with Gasteiger partial charge in [-0.05, 0) is 54.8 Å². The first-order valence-corrected chi connectivity index (χ1v) is 19.0. The van der Waals surface area contributed by atoms with Gasteiger partial charge in [0.1, 0.15) is 0 Å². The number of aliphatic hydroxyl groups excluding tert-OH is 1. The van der Waals surface area contributed by atoms with Crippen LogP contribution in [0.4, 0.5) is 10.5 Å². The van der Waals surface area contributed by atoms with E-state index in [0.29, 0.717) is 12.2 Å². The molecule has 1 aliphatic rings. The molecule has 49 heavy (non-hydrogen) atoms. The van der Waals surface area contributed by atoms with Gasteiger partial charge in [-0.3, -0.25) is 0 Å². The van der Waals surface area contributed by atoms with Gasteiger partial charge >= 0.3 is 6.03 Å². The number of anilines is 1. The third-order valence-corrected chi connectivity index (χ3v) is 9.47. The maximum atomic E-state index is 12.6.